The van der Waals surface area contributed by atoms with Crippen molar-refractivity contribution in [3.63, 3.8) is 0 Å². The molecule has 0 atom stereocenters. The van der Waals surface area contributed by atoms with Gasteiger partial charge in [0.25, 0.3) is 5.91 Å². The maximum Gasteiger partial charge on any atom is 0.265 e. The number of hydrogen-bond donors (Lipinski definition) is 0. The minimum absolute atomic E-state index is 0.105. The topological polar surface area (TPSA) is 89.0 Å². The first-order chi connectivity index (χ1) is 14.1. The van der Waals surface area contributed by atoms with Gasteiger partial charge in [0.15, 0.2) is 11.5 Å². The van der Waals surface area contributed by atoms with Crippen molar-refractivity contribution in [1.29, 1.82) is 0 Å². The molecule has 1 aromatic heterocycles. The molecule has 0 aliphatic carbocycles. The highest BCUT2D eigenvalue weighted by Crippen LogP contribution is 2.31. The number of sulfonamides is 1. The van der Waals surface area contributed by atoms with Gasteiger partial charge in [-0.05, 0) is 12.1 Å². The lowest BCUT2D eigenvalue weighted by Crippen LogP contribution is -2.50. The van der Waals surface area contributed by atoms with E-state index in [1.807, 2.05) is 0 Å². The Kier molecular flexibility index (Phi) is 6.40. The molecule has 0 saturated carbocycles. The van der Waals surface area contributed by atoms with Gasteiger partial charge >= 0.3 is 0 Å². The summed E-state index contributed by atoms with van der Waals surface area (Å²) in [4.78, 5) is 19.6. The van der Waals surface area contributed by atoms with Crippen molar-refractivity contribution >= 4 is 27.3 Å². The van der Waals surface area contributed by atoms with Crippen molar-refractivity contribution in [3.8, 4) is 11.5 Å². The molecule has 0 radical (unpaired) electrons. The highest BCUT2D eigenvalue weighted by atomic mass is 32.2. The van der Waals surface area contributed by atoms with Crippen LogP contribution in [0.3, 0.4) is 0 Å². The molecular weight excluding hydrogens is 426 g/mol. The Bertz CT molecular complexity index is 1020. The largest absolute Gasteiger partial charge is 0.493 e. The first-order valence-electron chi connectivity index (χ1n) is 9.55. The number of carbonyl (C=O) groups is 1. The van der Waals surface area contributed by atoms with Gasteiger partial charge in [0, 0.05) is 37.7 Å². The predicted octanol–water partition coefficient (Wildman–Crippen LogP) is 2.60. The fraction of sp³-hybridized carbons (Fsp3) is 0.500. The van der Waals surface area contributed by atoms with E-state index in [1.54, 1.807) is 17.2 Å². The molecule has 1 aliphatic rings. The lowest BCUT2D eigenvalue weighted by molar-refractivity contribution is 0.0702. The normalized spacial score (nSPS) is 15.8. The number of ether oxygens (including phenoxy) is 2. The van der Waals surface area contributed by atoms with Crippen LogP contribution in [0.25, 0.3) is 0 Å². The summed E-state index contributed by atoms with van der Waals surface area (Å²) in [5, 5.41) is 0.903. The number of amides is 1. The predicted molar refractivity (Wildman–Crippen MR) is 115 cm³/mol. The van der Waals surface area contributed by atoms with Gasteiger partial charge in [0.05, 0.1) is 30.3 Å². The van der Waals surface area contributed by atoms with Gasteiger partial charge in [-0.1, -0.05) is 20.8 Å². The van der Waals surface area contributed by atoms with E-state index in [4.69, 9.17) is 9.47 Å². The first-order valence-corrected chi connectivity index (χ1v) is 11.8. The second kappa shape index (κ2) is 8.52. The molecule has 1 aliphatic heterocycles. The summed E-state index contributed by atoms with van der Waals surface area (Å²) < 4.78 is 37.9. The standard InChI is InChI=1S/C20H27N3O5S2/c1-20(2,3)19-21-13-17(29-19)18(24)22-8-10-23(11-9-22)30(25,26)14-6-7-15(27-4)16(12-14)28-5/h6-7,12-13H,8-11H2,1-5H3. The van der Waals surface area contributed by atoms with Gasteiger partial charge in [0.1, 0.15) is 4.88 Å². The molecule has 1 amide bonds. The molecule has 0 spiro atoms. The average molecular weight is 454 g/mol. The molecule has 10 heteroatoms. The molecule has 30 heavy (non-hydrogen) atoms. The number of hydrogen-bond acceptors (Lipinski definition) is 7. The maximum atomic E-state index is 13.0. The van der Waals surface area contributed by atoms with Crippen LogP contribution in [0, 0.1) is 0 Å². The van der Waals surface area contributed by atoms with E-state index in [-0.39, 0.29) is 29.3 Å². The van der Waals surface area contributed by atoms with Crippen LogP contribution in [-0.2, 0) is 15.4 Å². The van der Waals surface area contributed by atoms with Crippen LogP contribution in [0.1, 0.15) is 35.5 Å². The van der Waals surface area contributed by atoms with Gasteiger partial charge in [0.2, 0.25) is 10.0 Å². The van der Waals surface area contributed by atoms with Crippen molar-refractivity contribution < 1.29 is 22.7 Å². The molecule has 8 nitrogen and oxygen atoms in total. The van der Waals surface area contributed by atoms with Crippen molar-refractivity contribution in [3.05, 3.63) is 34.3 Å². The molecule has 0 N–H and O–H groups in total. The van der Waals surface area contributed by atoms with E-state index in [9.17, 15) is 13.2 Å². The summed E-state index contributed by atoms with van der Waals surface area (Å²) >= 11 is 1.39. The molecule has 3 rings (SSSR count). The van der Waals surface area contributed by atoms with Crippen LogP contribution in [0.5, 0.6) is 11.5 Å². The Balaban J connectivity index is 1.70. The molecule has 0 unspecified atom stereocenters. The summed E-state index contributed by atoms with van der Waals surface area (Å²) in [6, 6.07) is 4.53. The second-order valence-electron chi connectivity index (χ2n) is 7.99. The third-order valence-corrected chi connectivity index (χ3v) is 8.18. The van der Waals surface area contributed by atoms with Crippen LogP contribution in [-0.4, -0.2) is 68.9 Å². The lowest BCUT2D eigenvalue weighted by atomic mass is 9.98. The number of nitrogens with zero attached hydrogens (tertiary/aromatic N) is 3. The van der Waals surface area contributed by atoms with E-state index in [0.717, 1.165) is 5.01 Å². The van der Waals surface area contributed by atoms with E-state index in [0.29, 0.717) is 29.5 Å². The van der Waals surface area contributed by atoms with Gasteiger partial charge in [-0.3, -0.25) is 4.79 Å². The zero-order valence-corrected chi connectivity index (χ0v) is 19.5. The molecule has 1 aromatic carbocycles. The number of methoxy groups -OCH3 is 2. The highest BCUT2D eigenvalue weighted by Gasteiger charge is 2.32. The van der Waals surface area contributed by atoms with Crippen LogP contribution in [0.4, 0.5) is 0 Å². The van der Waals surface area contributed by atoms with Crippen LogP contribution >= 0.6 is 11.3 Å². The van der Waals surface area contributed by atoms with E-state index in [1.165, 1.54) is 42.0 Å². The fourth-order valence-electron chi connectivity index (χ4n) is 3.13. The quantitative estimate of drug-likeness (QED) is 0.691. The SMILES string of the molecule is COc1ccc(S(=O)(=O)N2CCN(C(=O)c3cnc(C(C)(C)C)s3)CC2)cc1OC. The Hall–Kier alpha value is -2.17. The lowest BCUT2D eigenvalue weighted by Gasteiger charge is -2.33. The molecule has 1 fully saturated rings. The van der Waals surface area contributed by atoms with Gasteiger partial charge < -0.3 is 14.4 Å². The second-order valence-corrected chi connectivity index (χ2v) is 11.0. The van der Waals surface area contributed by atoms with E-state index < -0.39 is 10.0 Å². The minimum Gasteiger partial charge on any atom is -0.493 e. The monoisotopic (exact) mass is 453 g/mol. The third-order valence-electron chi connectivity index (χ3n) is 4.88. The molecule has 164 valence electrons. The van der Waals surface area contributed by atoms with Crippen molar-refractivity contribution in [2.24, 2.45) is 0 Å². The summed E-state index contributed by atoms with van der Waals surface area (Å²) in [7, 11) is -0.741. The zero-order chi connectivity index (χ0) is 22.1. The fourth-order valence-corrected chi connectivity index (χ4v) is 5.51. The van der Waals surface area contributed by atoms with Crippen molar-refractivity contribution in [1.82, 2.24) is 14.2 Å². The van der Waals surface area contributed by atoms with Gasteiger partial charge in [-0.2, -0.15) is 4.31 Å². The summed E-state index contributed by atoms with van der Waals surface area (Å²) in [6.45, 7) is 7.27. The number of thiazole rings is 1. The van der Waals surface area contributed by atoms with Gasteiger partial charge in [-0.15, -0.1) is 11.3 Å². The molecular formula is C20H27N3O5S2. The number of piperazine rings is 1. The Morgan fingerprint density at radius 2 is 1.70 bits per heavy atom. The van der Waals surface area contributed by atoms with E-state index >= 15 is 0 Å². The summed E-state index contributed by atoms with van der Waals surface area (Å²) in [5.74, 6) is 0.712. The molecule has 0 bridgehead atoms. The highest BCUT2D eigenvalue weighted by molar-refractivity contribution is 7.89. The Morgan fingerprint density at radius 3 is 2.23 bits per heavy atom. The zero-order valence-electron chi connectivity index (χ0n) is 17.8. The smallest absolute Gasteiger partial charge is 0.265 e. The van der Waals surface area contributed by atoms with Gasteiger partial charge in [-0.25, -0.2) is 13.4 Å². The molecule has 2 aromatic rings. The number of carbonyl (C=O) groups excluding carboxylic acids is 1. The number of rotatable bonds is 5. The minimum atomic E-state index is -3.70. The first kappa shape index (κ1) is 22.5. The molecule has 2 heterocycles. The molecule has 1 saturated heterocycles. The Labute approximate surface area is 181 Å². The number of benzene rings is 1. The summed E-state index contributed by atoms with van der Waals surface area (Å²) in [6.07, 6.45) is 1.61. The maximum absolute atomic E-state index is 13.0. The van der Waals surface area contributed by atoms with Crippen LogP contribution in [0.2, 0.25) is 0 Å². The van der Waals surface area contributed by atoms with Crippen LogP contribution < -0.4 is 9.47 Å². The van der Waals surface area contributed by atoms with Crippen molar-refractivity contribution in [2.75, 3.05) is 40.4 Å². The van der Waals surface area contributed by atoms with E-state index in [2.05, 4.69) is 25.8 Å². The van der Waals surface area contributed by atoms with Crippen molar-refractivity contribution in [2.45, 2.75) is 31.1 Å². The van der Waals surface area contributed by atoms with Crippen LogP contribution in [0.15, 0.2) is 29.3 Å². The summed E-state index contributed by atoms with van der Waals surface area (Å²) in [5.41, 5.74) is -0.116. The average Bonchev–Trinajstić information content (AvgIpc) is 3.23. The number of aromatic nitrogens is 1. The third kappa shape index (κ3) is 4.45. The Morgan fingerprint density at radius 1 is 1.07 bits per heavy atom.